The molecule has 2 saturated carbocycles. The van der Waals surface area contributed by atoms with Crippen LogP contribution in [0.5, 0.6) is 5.88 Å². The Morgan fingerprint density at radius 3 is 2.32 bits per heavy atom. The molecule has 0 bridgehead atoms. The van der Waals surface area contributed by atoms with Gasteiger partial charge in [0.2, 0.25) is 5.88 Å². The van der Waals surface area contributed by atoms with Crippen molar-refractivity contribution in [3.63, 3.8) is 0 Å². The number of pyridine rings is 1. The molecule has 2 heterocycles. The number of amides is 2. The first kappa shape index (κ1) is 23.0. The van der Waals surface area contributed by atoms with Crippen molar-refractivity contribution < 1.29 is 11.0 Å². The molecule has 1 aromatic heterocycles. The third-order valence-electron chi connectivity index (χ3n) is 7.71. The summed E-state index contributed by atoms with van der Waals surface area (Å²) in [4.78, 5) is 21.8. The van der Waals surface area contributed by atoms with Gasteiger partial charge >= 0.3 is 6.03 Å². The van der Waals surface area contributed by atoms with Gasteiger partial charge in [-0.3, -0.25) is 4.90 Å². The summed E-state index contributed by atoms with van der Waals surface area (Å²) in [6, 6.07) is 12.9. The number of nitrogens with zero attached hydrogens (tertiary/aromatic N) is 3. The zero-order valence-corrected chi connectivity index (χ0v) is 20.2. The predicted molar refractivity (Wildman–Crippen MR) is 139 cm³/mol. The standard InChI is InChI=1S/C27H37N5O2.H2/c1-31(22-6-2-3-7-22)24-16-17-32(19-24)23-13-10-20(11-14-23)29-27(33)30-21-12-15-26(28-18-21)34-25-8-4-5-9-25;/h10-15,18,22,24-25H,2-9,16-17,19H2,1H3,(H2,29,30,33);1H. The van der Waals surface area contributed by atoms with E-state index in [0.29, 0.717) is 17.6 Å². The molecule has 2 aliphatic carbocycles. The monoisotopic (exact) mass is 465 g/mol. The number of hydrogen-bond donors (Lipinski definition) is 2. The molecule has 5 rings (SSSR count). The highest BCUT2D eigenvalue weighted by molar-refractivity contribution is 5.99. The van der Waals surface area contributed by atoms with E-state index in [1.807, 2.05) is 24.3 Å². The van der Waals surface area contributed by atoms with Crippen LogP contribution in [0.1, 0.15) is 59.2 Å². The third kappa shape index (κ3) is 5.63. The molecule has 0 radical (unpaired) electrons. The third-order valence-corrected chi connectivity index (χ3v) is 7.71. The van der Waals surface area contributed by atoms with Gasteiger partial charge in [0.1, 0.15) is 6.10 Å². The van der Waals surface area contributed by atoms with Crippen molar-refractivity contribution in [2.45, 2.75) is 76.0 Å². The van der Waals surface area contributed by atoms with Gasteiger partial charge in [-0.05, 0) is 82.3 Å². The molecule has 2 aromatic rings. The summed E-state index contributed by atoms with van der Waals surface area (Å²) in [6.07, 6.45) is 13.2. The van der Waals surface area contributed by atoms with Crippen LogP contribution in [0.25, 0.3) is 0 Å². The Kier molecular flexibility index (Phi) is 7.19. The van der Waals surface area contributed by atoms with Crippen LogP contribution in [-0.4, -0.2) is 54.2 Å². The Bertz CT molecular complexity index is 943. The van der Waals surface area contributed by atoms with E-state index in [-0.39, 0.29) is 13.6 Å². The van der Waals surface area contributed by atoms with Crippen molar-refractivity contribution in [3.05, 3.63) is 42.6 Å². The molecule has 1 saturated heterocycles. The Morgan fingerprint density at radius 2 is 1.62 bits per heavy atom. The summed E-state index contributed by atoms with van der Waals surface area (Å²) in [5, 5.41) is 5.75. The molecule has 1 aromatic carbocycles. The summed E-state index contributed by atoms with van der Waals surface area (Å²) in [7, 11) is 2.31. The van der Waals surface area contributed by atoms with E-state index < -0.39 is 0 Å². The number of rotatable bonds is 7. The van der Waals surface area contributed by atoms with Crippen LogP contribution in [0.2, 0.25) is 0 Å². The largest absolute Gasteiger partial charge is 0.474 e. The van der Waals surface area contributed by atoms with Crippen LogP contribution in [0.3, 0.4) is 0 Å². The van der Waals surface area contributed by atoms with Crippen LogP contribution < -0.4 is 20.3 Å². The fourth-order valence-electron chi connectivity index (χ4n) is 5.67. The summed E-state index contributed by atoms with van der Waals surface area (Å²) < 4.78 is 5.88. The molecule has 3 aliphatic rings. The minimum atomic E-state index is -0.279. The number of carbonyl (C=O) groups is 1. The normalized spacial score (nSPS) is 21.4. The lowest BCUT2D eigenvalue weighted by Gasteiger charge is -2.30. The topological polar surface area (TPSA) is 69.7 Å². The van der Waals surface area contributed by atoms with E-state index in [1.165, 1.54) is 50.6 Å². The average Bonchev–Trinajstić information content (AvgIpc) is 3.63. The number of anilines is 3. The van der Waals surface area contributed by atoms with Gasteiger partial charge in [0.15, 0.2) is 0 Å². The van der Waals surface area contributed by atoms with Gasteiger partial charge in [0, 0.05) is 44.0 Å². The summed E-state index contributed by atoms with van der Waals surface area (Å²) in [5.41, 5.74) is 2.63. The minimum Gasteiger partial charge on any atom is -0.474 e. The molecule has 34 heavy (non-hydrogen) atoms. The number of urea groups is 1. The molecule has 7 nitrogen and oxygen atoms in total. The predicted octanol–water partition coefficient (Wildman–Crippen LogP) is 5.75. The molecular formula is C27H39N5O2. The number of likely N-dealkylation sites (N-methyl/N-ethyl adjacent to an activating group) is 1. The molecule has 0 spiro atoms. The van der Waals surface area contributed by atoms with Gasteiger partial charge in [-0.15, -0.1) is 0 Å². The molecule has 1 unspecified atom stereocenters. The number of hydrogen-bond acceptors (Lipinski definition) is 5. The highest BCUT2D eigenvalue weighted by atomic mass is 16.5. The summed E-state index contributed by atoms with van der Waals surface area (Å²) in [5.74, 6) is 0.618. The Balaban J connectivity index is 0.00000289. The second kappa shape index (κ2) is 10.6. The van der Waals surface area contributed by atoms with Crippen molar-refractivity contribution in [1.29, 1.82) is 0 Å². The highest BCUT2D eigenvalue weighted by Crippen LogP contribution is 2.29. The smallest absolute Gasteiger partial charge is 0.323 e. The van der Waals surface area contributed by atoms with Crippen LogP contribution in [-0.2, 0) is 0 Å². The Hall–Kier alpha value is -2.80. The molecule has 1 aliphatic heterocycles. The first-order valence-corrected chi connectivity index (χ1v) is 12.9. The van der Waals surface area contributed by atoms with Crippen molar-refractivity contribution >= 4 is 23.1 Å². The summed E-state index contributed by atoms with van der Waals surface area (Å²) >= 11 is 0. The highest BCUT2D eigenvalue weighted by Gasteiger charge is 2.31. The van der Waals surface area contributed by atoms with Crippen molar-refractivity contribution in [2.24, 2.45) is 0 Å². The van der Waals surface area contributed by atoms with Crippen molar-refractivity contribution in [3.8, 4) is 5.88 Å². The first-order valence-electron chi connectivity index (χ1n) is 12.9. The number of nitrogens with one attached hydrogen (secondary N) is 2. The molecule has 7 heteroatoms. The lowest BCUT2D eigenvalue weighted by molar-refractivity contribution is 0.187. The fourth-order valence-corrected chi connectivity index (χ4v) is 5.67. The van der Waals surface area contributed by atoms with E-state index in [0.717, 1.165) is 37.7 Å². The number of ether oxygens (including phenoxy) is 1. The fraction of sp³-hybridized carbons (Fsp3) is 0.556. The lowest BCUT2D eigenvalue weighted by Crippen LogP contribution is -2.40. The quantitative estimate of drug-likeness (QED) is 0.545. The van der Waals surface area contributed by atoms with Gasteiger partial charge in [0.05, 0.1) is 11.9 Å². The van der Waals surface area contributed by atoms with Gasteiger partial charge in [-0.25, -0.2) is 9.78 Å². The zero-order valence-electron chi connectivity index (χ0n) is 20.2. The van der Waals surface area contributed by atoms with E-state index in [9.17, 15) is 4.79 Å². The molecule has 3 fully saturated rings. The SMILES string of the molecule is CN(C1CCCC1)C1CCN(c2ccc(NC(=O)Nc3ccc(OC4CCCC4)nc3)cc2)C1.[HH]. The maximum absolute atomic E-state index is 12.4. The molecule has 2 N–H and O–H groups in total. The van der Waals surface area contributed by atoms with Crippen LogP contribution in [0.4, 0.5) is 21.9 Å². The maximum Gasteiger partial charge on any atom is 0.323 e. The average molecular weight is 466 g/mol. The van der Waals surface area contributed by atoms with E-state index in [4.69, 9.17) is 4.74 Å². The van der Waals surface area contributed by atoms with Gasteiger partial charge < -0.3 is 20.3 Å². The lowest BCUT2D eigenvalue weighted by atomic mass is 10.1. The second-order valence-electron chi connectivity index (χ2n) is 10.0. The molecule has 184 valence electrons. The van der Waals surface area contributed by atoms with Crippen molar-refractivity contribution in [2.75, 3.05) is 35.7 Å². The Labute approximate surface area is 204 Å². The summed E-state index contributed by atoms with van der Waals surface area (Å²) in [6.45, 7) is 2.16. The maximum atomic E-state index is 12.4. The number of carbonyl (C=O) groups excluding carboxylic acids is 1. The van der Waals surface area contributed by atoms with E-state index in [2.05, 4.69) is 44.6 Å². The van der Waals surface area contributed by atoms with E-state index in [1.54, 1.807) is 6.20 Å². The van der Waals surface area contributed by atoms with Crippen LogP contribution in [0, 0.1) is 0 Å². The number of benzene rings is 1. The van der Waals surface area contributed by atoms with Crippen molar-refractivity contribution in [1.82, 2.24) is 9.88 Å². The van der Waals surface area contributed by atoms with E-state index >= 15 is 0 Å². The Morgan fingerprint density at radius 1 is 0.941 bits per heavy atom. The molecular weight excluding hydrogens is 426 g/mol. The van der Waals surface area contributed by atoms with Crippen LogP contribution in [0.15, 0.2) is 42.6 Å². The minimum absolute atomic E-state index is 0. The molecule has 2 amide bonds. The molecule has 1 atom stereocenters. The first-order chi connectivity index (χ1) is 16.6. The van der Waals surface area contributed by atoms with Gasteiger partial charge in [-0.1, -0.05) is 12.8 Å². The van der Waals surface area contributed by atoms with Crippen LogP contribution >= 0.6 is 0 Å². The van der Waals surface area contributed by atoms with Gasteiger partial charge in [-0.2, -0.15) is 0 Å². The number of aromatic nitrogens is 1. The zero-order chi connectivity index (χ0) is 23.3. The van der Waals surface area contributed by atoms with Gasteiger partial charge in [0.25, 0.3) is 0 Å². The second-order valence-corrected chi connectivity index (χ2v) is 10.0.